The lowest BCUT2D eigenvalue weighted by atomic mass is 10.3. The van der Waals surface area contributed by atoms with Crippen molar-refractivity contribution in [3.8, 4) is 0 Å². The van der Waals surface area contributed by atoms with Crippen LogP contribution < -0.4 is 4.90 Å². The van der Waals surface area contributed by atoms with Crippen molar-refractivity contribution in [3.05, 3.63) is 29.3 Å². The highest BCUT2D eigenvalue weighted by molar-refractivity contribution is 7.15. The molecule has 7 nitrogen and oxygen atoms in total. The molecule has 1 aliphatic carbocycles. The average molecular weight is 328 g/mol. The second kappa shape index (κ2) is 5.69. The smallest absolute Gasteiger partial charge is 0.231 e. The Morgan fingerprint density at radius 1 is 1.30 bits per heavy atom. The van der Waals surface area contributed by atoms with E-state index in [1.807, 2.05) is 31.2 Å². The Morgan fingerprint density at radius 3 is 2.91 bits per heavy atom. The zero-order valence-electron chi connectivity index (χ0n) is 12.7. The Bertz CT molecular complexity index is 852. The molecule has 0 N–H and O–H groups in total. The Kier molecular flexibility index (Phi) is 3.53. The van der Waals surface area contributed by atoms with Gasteiger partial charge in [-0.3, -0.25) is 9.69 Å². The fourth-order valence-corrected chi connectivity index (χ4v) is 3.41. The van der Waals surface area contributed by atoms with Crippen LogP contribution in [-0.4, -0.2) is 37.6 Å². The summed E-state index contributed by atoms with van der Waals surface area (Å²) in [7, 11) is 0. The van der Waals surface area contributed by atoms with Gasteiger partial charge in [-0.2, -0.15) is 0 Å². The number of anilines is 1. The van der Waals surface area contributed by atoms with Gasteiger partial charge in [0.15, 0.2) is 0 Å². The summed E-state index contributed by atoms with van der Waals surface area (Å²) in [5.41, 5.74) is 1.82. The molecule has 118 valence electrons. The first-order chi connectivity index (χ1) is 11.3. The van der Waals surface area contributed by atoms with E-state index in [-0.39, 0.29) is 11.8 Å². The summed E-state index contributed by atoms with van der Waals surface area (Å²) < 4.78 is 1.80. The molecule has 1 amide bonds. The van der Waals surface area contributed by atoms with Crippen LogP contribution in [0.25, 0.3) is 11.0 Å². The van der Waals surface area contributed by atoms with E-state index in [9.17, 15) is 4.79 Å². The van der Waals surface area contributed by atoms with E-state index in [1.54, 1.807) is 9.58 Å². The Morgan fingerprint density at radius 2 is 2.13 bits per heavy atom. The number of benzene rings is 1. The molecule has 0 unspecified atom stereocenters. The quantitative estimate of drug-likeness (QED) is 0.717. The first kappa shape index (κ1) is 14.3. The molecule has 0 aliphatic heterocycles. The lowest BCUT2D eigenvalue weighted by Gasteiger charge is -2.16. The summed E-state index contributed by atoms with van der Waals surface area (Å²) in [5.74, 6) is 0.350. The molecule has 3 aromatic rings. The summed E-state index contributed by atoms with van der Waals surface area (Å²) >= 11 is 1.44. The fourth-order valence-electron chi connectivity index (χ4n) is 2.52. The number of fused-ring (bicyclic) bond motifs is 1. The van der Waals surface area contributed by atoms with Gasteiger partial charge in [0.25, 0.3) is 0 Å². The molecule has 8 heteroatoms. The number of rotatable bonds is 5. The highest BCUT2D eigenvalue weighted by Gasteiger charge is 2.34. The molecular weight excluding hydrogens is 312 g/mol. The predicted octanol–water partition coefficient (Wildman–Crippen LogP) is 2.09. The third-order valence-corrected chi connectivity index (χ3v) is 4.83. The molecule has 0 bridgehead atoms. The van der Waals surface area contributed by atoms with Crippen molar-refractivity contribution in [1.29, 1.82) is 0 Å². The van der Waals surface area contributed by atoms with Crippen LogP contribution in [0.4, 0.5) is 5.13 Å². The van der Waals surface area contributed by atoms with Crippen molar-refractivity contribution in [1.82, 2.24) is 25.2 Å². The Hall–Kier alpha value is -2.35. The minimum absolute atomic E-state index is 0.168. The normalized spacial score (nSPS) is 14.3. The summed E-state index contributed by atoms with van der Waals surface area (Å²) in [5, 5.41) is 18.2. The van der Waals surface area contributed by atoms with Gasteiger partial charge >= 0.3 is 0 Å². The van der Waals surface area contributed by atoms with Crippen molar-refractivity contribution < 1.29 is 4.79 Å². The monoisotopic (exact) mass is 328 g/mol. The van der Waals surface area contributed by atoms with Crippen LogP contribution >= 0.6 is 11.3 Å². The first-order valence-corrected chi connectivity index (χ1v) is 8.50. The van der Waals surface area contributed by atoms with Crippen molar-refractivity contribution in [2.45, 2.75) is 26.3 Å². The van der Waals surface area contributed by atoms with E-state index in [1.165, 1.54) is 11.3 Å². The molecular formula is C15H16N6OS. The second-order valence-corrected chi connectivity index (χ2v) is 6.61. The molecule has 1 fully saturated rings. The number of amides is 1. The third-order valence-electron chi connectivity index (χ3n) is 3.90. The molecule has 23 heavy (non-hydrogen) atoms. The van der Waals surface area contributed by atoms with E-state index in [0.717, 1.165) is 28.9 Å². The molecule has 2 aromatic heterocycles. The van der Waals surface area contributed by atoms with E-state index >= 15 is 0 Å². The SMILES string of the molecule is CCN(C(=O)C1CC1)c1nnc(Cn2nnc3ccccc32)s1. The van der Waals surface area contributed by atoms with Crippen molar-refractivity contribution in [2.24, 2.45) is 5.92 Å². The maximum atomic E-state index is 12.3. The van der Waals surface area contributed by atoms with Gasteiger partial charge in [0.2, 0.25) is 11.0 Å². The maximum Gasteiger partial charge on any atom is 0.231 e. The predicted molar refractivity (Wildman–Crippen MR) is 87.3 cm³/mol. The fraction of sp³-hybridized carbons (Fsp3) is 0.400. The van der Waals surface area contributed by atoms with Crippen molar-refractivity contribution in [3.63, 3.8) is 0 Å². The van der Waals surface area contributed by atoms with Gasteiger partial charge in [0, 0.05) is 12.5 Å². The van der Waals surface area contributed by atoms with E-state index in [0.29, 0.717) is 18.2 Å². The number of carbonyl (C=O) groups is 1. The first-order valence-electron chi connectivity index (χ1n) is 7.68. The number of hydrogen-bond acceptors (Lipinski definition) is 6. The highest BCUT2D eigenvalue weighted by Crippen LogP contribution is 2.33. The van der Waals surface area contributed by atoms with E-state index < -0.39 is 0 Å². The minimum atomic E-state index is 0.168. The molecule has 1 saturated carbocycles. The van der Waals surface area contributed by atoms with Gasteiger partial charge in [-0.1, -0.05) is 28.7 Å². The van der Waals surface area contributed by atoms with Gasteiger partial charge in [-0.15, -0.1) is 15.3 Å². The van der Waals surface area contributed by atoms with Crippen molar-refractivity contribution >= 4 is 33.4 Å². The highest BCUT2D eigenvalue weighted by atomic mass is 32.1. The summed E-state index contributed by atoms with van der Waals surface area (Å²) in [6.45, 7) is 3.09. The van der Waals surface area contributed by atoms with Crippen LogP contribution in [0.1, 0.15) is 24.8 Å². The molecule has 2 heterocycles. The van der Waals surface area contributed by atoms with Crippen LogP contribution in [-0.2, 0) is 11.3 Å². The second-order valence-electron chi connectivity index (χ2n) is 5.57. The number of carbonyl (C=O) groups excluding carboxylic acids is 1. The van der Waals surface area contributed by atoms with Gasteiger partial charge in [0.1, 0.15) is 10.5 Å². The average Bonchev–Trinajstić information content (AvgIpc) is 3.21. The largest absolute Gasteiger partial charge is 0.287 e. The van der Waals surface area contributed by atoms with Crippen LogP contribution in [0.3, 0.4) is 0 Å². The number of nitrogens with zero attached hydrogens (tertiary/aromatic N) is 6. The lowest BCUT2D eigenvalue weighted by molar-refractivity contribution is -0.119. The van der Waals surface area contributed by atoms with Crippen LogP contribution in [0.5, 0.6) is 0 Å². The number of aromatic nitrogens is 5. The molecule has 4 rings (SSSR count). The zero-order chi connectivity index (χ0) is 15.8. The summed E-state index contributed by atoms with van der Waals surface area (Å²) in [6, 6.07) is 7.80. The van der Waals surface area contributed by atoms with E-state index in [4.69, 9.17) is 0 Å². The summed E-state index contributed by atoms with van der Waals surface area (Å²) in [6.07, 6.45) is 1.98. The lowest BCUT2D eigenvalue weighted by Crippen LogP contribution is -2.31. The molecule has 1 aromatic carbocycles. The van der Waals surface area contributed by atoms with Crippen LogP contribution in [0.15, 0.2) is 24.3 Å². The van der Waals surface area contributed by atoms with Gasteiger partial charge < -0.3 is 0 Å². The van der Waals surface area contributed by atoms with E-state index in [2.05, 4.69) is 20.5 Å². The van der Waals surface area contributed by atoms with Gasteiger partial charge in [-0.25, -0.2) is 4.68 Å². The van der Waals surface area contributed by atoms with Crippen LogP contribution in [0, 0.1) is 5.92 Å². The summed E-state index contributed by atoms with van der Waals surface area (Å²) in [4.78, 5) is 14.0. The van der Waals surface area contributed by atoms with Gasteiger partial charge in [0.05, 0.1) is 12.1 Å². The number of hydrogen-bond donors (Lipinski definition) is 0. The maximum absolute atomic E-state index is 12.3. The molecule has 0 saturated heterocycles. The minimum Gasteiger partial charge on any atom is -0.287 e. The van der Waals surface area contributed by atoms with Crippen LogP contribution in [0.2, 0.25) is 0 Å². The number of para-hydroxylation sites is 1. The van der Waals surface area contributed by atoms with Gasteiger partial charge in [-0.05, 0) is 31.9 Å². The Labute approximate surface area is 136 Å². The standard InChI is InChI=1S/C15H16N6OS/c1-2-20(14(22)10-7-8-10)15-18-17-13(23-15)9-21-12-6-4-3-5-11(12)16-19-21/h3-6,10H,2,7-9H2,1H3. The third kappa shape index (κ3) is 2.70. The Balaban J connectivity index is 1.56. The molecule has 1 aliphatic rings. The molecule has 0 spiro atoms. The molecule has 0 radical (unpaired) electrons. The zero-order valence-corrected chi connectivity index (χ0v) is 13.5. The van der Waals surface area contributed by atoms with Crippen molar-refractivity contribution in [2.75, 3.05) is 11.4 Å². The topological polar surface area (TPSA) is 76.8 Å². The molecule has 0 atom stereocenters.